The Kier molecular flexibility index (Phi) is 6.39. The van der Waals surface area contributed by atoms with Crippen molar-refractivity contribution in [2.75, 3.05) is 32.0 Å². The summed E-state index contributed by atoms with van der Waals surface area (Å²) in [7, 11) is 0. The van der Waals surface area contributed by atoms with Crippen molar-refractivity contribution in [3.63, 3.8) is 0 Å². The first kappa shape index (κ1) is 16.2. The number of amides is 2. The van der Waals surface area contributed by atoms with Gasteiger partial charge in [0.1, 0.15) is 0 Å². The Morgan fingerprint density at radius 3 is 2.62 bits per heavy atom. The van der Waals surface area contributed by atoms with Gasteiger partial charge in [0.15, 0.2) is 0 Å². The topological polar surface area (TPSA) is 52.6 Å². The third-order valence-corrected chi connectivity index (χ3v) is 4.84. The molecule has 21 heavy (non-hydrogen) atoms. The van der Waals surface area contributed by atoms with Crippen molar-refractivity contribution in [1.82, 2.24) is 10.2 Å². The van der Waals surface area contributed by atoms with Crippen LogP contribution in [-0.2, 0) is 0 Å². The maximum absolute atomic E-state index is 12.0. The number of aliphatic hydroxyl groups is 1. The quantitative estimate of drug-likeness (QED) is 0.649. The van der Waals surface area contributed by atoms with Crippen molar-refractivity contribution in [2.45, 2.75) is 24.7 Å². The Hall–Kier alpha value is -1.20. The van der Waals surface area contributed by atoms with E-state index in [1.165, 1.54) is 10.5 Å². The Bertz CT molecular complexity index is 442. The molecule has 0 aliphatic carbocycles. The molecule has 1 saturated heterocycles. The molecule has 4 nitrogen and oxygen atoms in total. The Morgan fingerprint density at radius 2 is 2.00 bits per heavy atom. The molecule has 1 aliphatic rings. The van der Waals surface area contributed by atoms with Crippen LogP contribution in [0.5, 0.6) is 0 Å². The first-order chi connectivity index (χ1) is 10.2. The first-order valence-corrected chi connectivity index (χ1v) is 8.50. The number of nitrogens with one attached hydrogen (secondary N) is 1. The molecule has 2 rings (SSSR count). The molecule has 1 aromatic rings. The second-order valence-electron chi connectivity index (χ2n) is 5.51. The standard InChI is InChI=1S/C16H24N2O2S/c1-13-2-4-15(5-3-13)21-11-8-17-16(20)18-9-6-14(12-19)7-10-18/h2-5,14,19H,6-12H2,1H3,(H,17,20). The van der Waals surface area contributed by atoms with Crippen molar-refractivity contribution < 1.29 is 9.90 Å². The van der Waals surface area contributed by atoms with E-state index in [9.17, 15) is 4.79 Å². The van der Waals surface area contributed by atoms with Crippen LogP contribution >= 0.6 is 11.8 Å². The van der Waals surface area contributed by atoms with E-state index in [0.29, 0.717) is 12.5 Å². The number of rotatable bonds is 5. The van der Waals surface area contributed by atoms with Crippen molar-refractivity contribution in [1.29, 1.82) is 0 Å². The SMILES string of the molecule is Cc1ccc(SCCNC(=O)N2CCC(CO)CC2)cc1. The predicted molar refractivity (Wildman–Crippen MR) is 86.7 cm³/mol. The minimum absolute atomic E-state index is 0.0240. The fourth-order valence-corrected chi connectivity index (χ4v) is 3.16. The summed E-state index contributed by atoms with van der Waals surface area (Å²) in [6, 6.07) is 8.46. The highest BCUT2D eigenvalue weighted by Gasteiger charge is 2.21. The minimum atomic E-state index is 0.0240. The third kappa shape index (κ3) is 5.25. The monoisotopic (exact) mass is 308 g/mol. The van der Waals surface area contributed by atoms with Gasteiger partial charge < -0.3 is 15.3 Å². The van der Waals surface area contributed by atoms with E-state index in [1.807, 2.05) is 4.90 Å². The zero-order valence-corrected chi connectivity index (χ0v) is 13.4. The highest BCUT2D eigenvalue weighted by atomic mass is 32.2. The second kappa shape index (κ2) is 8.29. The second-order valence-corrected chi connectivity index (χ2v) is 6.67. The lowest BCUT2D eigenvalue weighted by Gasteiger charge is -2.31. The van der Waals surface area contributed by atoms with Gasteiger partial charge in [-0.05, 0) is 37.8 Å². The molecule has 2 N–H and O–H groups in total. The summed E-state index contributed by atoms with van der Waals surface area (Å²) in [5.41, 5.74) is 1.26. The summed E-state index contributed by atoms with van der Waals surface area (Å²) in [4.78, 5) is 15.1. The maximum Gasteiger partial charge on any atom is 0.317 e. The molecular weight excluding hydrogens is 284 g/mol. The fraction of sp³-hybridized carbons (Fsp3) is 0.562. The van der Waals surface area contributed by atoms with Gasteiger partial charge in [0.05, 0.1) is 0 Å². The number of carbonyl (C=O) groups excluding carboxylic acids is 1. The summed E-state index contributed by atoms with van der Waals surface area (Å²) in [6.07, 6.45) is 1.81. The Balaban J connectivity index is 1.62. The molecule has 2 amide bonds. The number of nitrogens with zero attached hydrogens (tertiary/aromatic N) is 1. The molecule has 1 fully saturated rings. The Labute approximate surface area is 130 Å². The molecular formula is C16H24N2O2S. The number of aryl methyl sites for hydroxylation is 1. The molecule has 1 aliphatic heterocycles. The van der Waals surface area contributed by atoms with E-state index in [1.54, 1.807) is 11.8 Å². The molecule has 116 valence electrons. The van der Waals surface area contributed by atoms with Crippen LogP contribution in [0.4, 0.5) is 4.79 Å². The normalized spacial score (nSPS) is 16.0. The molecule has 0 spiro atoms. The van der Waals surface area contributed by atoms with Gasteiger partial charge >= 0.3 is 6.03 Å². The van der Waals surface area contributed by atoms with Gasteiger partial charge in [-0.1, -0.05) is 17.7 Å². The van der Waals surface area contributed by atoms with Crippen LogP contribution in [0.15, 0.2) is 29.2 Å². The average molecular weight is 308 g/mol. The third-order valence-electron chi connectivity index (χ3n) is 3.83. The van der Waals surface area contributed by atoms with Gasteiger partial charge in [0.25, 0.3) is 0 Å². The number of likely N-dealkylation sites (tertiary alicyclic amines) is 1. The van der Waals surface area contributed by atoms with Crippen molar-refractivity contribution in [2.24, 2.45) is 5.92 Å². The van der Waals surface area contributed by atoms with Crippen LogP contribution in [0, 0.1) is 12.8 Å². The molecule has 0 saturated carbocycles. The van der Waals surface area contributed by atoms with Gasteiger partial charge in [-0.15, -0.1) is 11.8 Å². The highest BCUT2D eigenvalue weighted by molar-refractivity contribution is 7.99. The highest BCUT2D eigenvalue weighted by Crippen LogP contribution is 2.18. The fourth-order valence-electron chi connectivity index (χ4n) is 2.39. The van der Waals surface area contributed by atoms with Gasteiger partial charge in [-0.25, -0.2) is 4.79 Å². The van der Waals surface area contributed by atoms with Crippen LogP contribution in [0.1, 0.15) is 18.4 Å². The van der Waals surface area contributed by atoms with E-state index in [0.717, 1.165) is 31.7 Å². The Morgan fingerprint density at radius 1 is 1.33 bits per heavy atom. The van der Waals surface area contributed by atoms with Crippen LogP contribution < -0.4 is 5.32 Å². The largest absolute Gasteiger partial charge is 0.396 e. The van der Waals surface area contributed by atoms with Crippen LogP contribution in [-0.4, -0.2) is 48.0 Å². The molecule has 0 unspecified atom stereocenters. The molecule has 5 heteroatoms. The average Bonchev–Trinajstić information content (AvgIpc) is 2.53. The van der Waals surface area contributed by atoms with Crippen molar-refractivity contribution in [3.05, 3.63) is 29.8 Å². The van der Waals surface area contributed by atoms with E-state index in [4.69, 9.17) is 5.11 Å². The van der Waals surface area contributed by atoms with Crippen LogP contribution in [0.25, 0.3) is 0 Å². The molecule has 0 radical (unpaired) electrons. The number of urea groups is 1. The number of hydrogen-bond donors (Lipinski definition) is 2. The predicted octanol–water partition coefficient (Wildman–Crippen LogP) is 2.50. The number of piperidine rings is 1. The number of hydrogen-bond acceptors (Lipinski definition) is 3. The van der Waals surface area contributed by atoms with E-state index >= 15 is 0 Å². The minimum Gasteiger partial charge on any atom is -0.396 e. The number of benzene rings is 1. The van der Waals surface area contributed by atoms with Gasteiger partial charge in [-0.2, -0.15) is 0 Å². The molecule has 0 atom stereocenters. The zero-order chi connectivity index (χ0) is 15.1. The lowest BCUT2D eigenvalue weighted by atomic mass is 9.98. The zero-order valence-electron chi connectivity index (χ0n) is 12.5. The lowest BCUT2D eigenvalue weighted by Crippen LogP contribution is -2.45. The van der Waals surface area contributed by atoms with E-state index < -0.39 is 0 Å². The van der Waals surface area contributed by atoms with Crippen LogP contribution in [0.3, 0.4) is 0 Å². The number of aliphatic hydroxyl groups excluding tert-OH is 1. The first-order valence-electron chi connectivity index (χ1n) is 7.52. The summed E-state index contributed by atoms with van der Waals surface area (Å²) in [5, 5.41) is 12.1. The van der Waals surface area contributed by atoms with Crippen LogP contribution in [0.2, 0.25) is 0 Å². The summed E-state index contributed by atoms with van der Waals surface area (Å²) in [6.45, 7) is 4.50. The summed E-state index contributed by atoms with van der Waals surface area (Å²) < 4.78 is 0. The summed E-state index contributed by atoms with van der Waals surface area (Å²) >= 11 is 1.76. The van der Waals surface area contributed by atoms with Gasteiger partial charge in [0.2, 0.25) is 0 Å². The summed E-state index contributed by atoms with van der Waals surface area (Å²) in [5.74, 6) is 1.24. The molecule has 1 aromatic carbocycles. The van der Waals surface area contributed by atoms with Crippen molar-refractivity contribution in [3.8, 4) is 0 Å². The van der Waals surface area contributed by atoms with Crippen molar-refractivity contribution >= 4 is 17.8 Å². The maximum atomic E-state index is 12.0. The smallest absolute Gasteiger partial charge is 0.317 e. The van der Waals surface area contributed by atoms with Gasteiger partial charge in [0, 0.05) is 36.9 Å². The number of thioether (sulfide) groups is 1. The molecule has 0 aromatic heterocycles. The molecule has 0 bridgehead atoms. The van der Waals surface area contributed by atoms with E-state index in [2.05, 4.69) is 36.5 Å². The molecule has 1 heterocycles. The van der Waals surface area contributed by atoms with Gasteiger partial charge in [-0.3, -0.25) is 0 Å². The lowest BCUT2D eigenvalue weighted by molar-refractivity contribution is 0.137. The number of carbonyl (C=O) groups is 1. The van der Waals surface area contributed by atoms with E-state index in [-0.39, 0.29) is 12.6 Å².